The molecule has 0 saturated heterocycles. The predicted molar refractivity (Wildman–Crippen MR) is 54.8 cm³/mol. The zero-order chi connectivity index (χ0) is 12.5. The number of hydrogen-bond donors (Lipinski definition) is 1. The molecule has 0 atom stereocenters. The Kier molecular flexibility index (Phi) is 3.81. The van der Waals surface area contributed by atoms with Crippen LogP contribution in [0.1, 0.15) is 12.0 Å². The Hall–Kier alpha value is -0.800. The molecule has 0 spiro atoms. The quantitative estimate of drug-likeness (QED) is 0.855. The number of primary sulfonamides is 1. The van der Waals surface area contributed by atoms with E-state index in [2.05, 4.69) is 25.7 Å². The number of hydrogen-bond acceptors (Lipinski definition) is 4. The lowest BCUT2D eigenvalue weighted by Crippen LogP contribution is -2.17. The van der Waals surface area contributed by atoms with E-state index in [4.69, 9.17) is 5.14 Å². The van der Waals surface area contributed by atoms with Gasteiger partial charge in [0.1, 0.15) is 15.2 Å². The molecule has 0 bridgehead atoms. The number of nitrogens with two attached hydrogens (primary N) is 1. The van der Waals surface area contributed by atoms with Gasteiger partial charge in [0.05, 0.1) is 18.9 Å². The van der Waals surface area contributed by atoms with Crippen molar-refractivity contribution in [3.05, 3.63) is 16.4 Å². The summed E-state index contributed by atoms with van der Waals surface area (Å²) < 4.78 is 52.1. The van der Waals surface area contributed by atoms with Crippen molar-refractivity contribution in [1.29, 1.82) is 0 Å². The first kappa shape index (κ1) is 13.3. The number of ether oxygens (including phenoxy) is 1. The highest BCUT2D eigenvalue weighted by Crippen LogP contribution is 2.36. The maximum Gasteiger partial charge on any atom is 0.268 e. The molecule has 0 unspecified atom stereocenters. The molecule has 1 aromatic rings. The number of aromatic nitrogens is 1. The number of nitrogens with zero attached hydrogens (tertiary/aromatic N) is 1. The minimum absolute atomic E-state index is 0.272. The van der Waals surface area contributed by atoms with E-state index in [-0.39, 0.29) is 10.4 Å². The van der Waals surface area contributed by atoms with Crippen LogP contribution in [-0.4, -0.2) is 20.5 Å². The fraction of sp³-hybridized carbons (Fsp3) is 0.286. The molecule has 1 rings (SSSR count). The second kappa shape index (κ2) is 4.60. The molecule has 2 N–H and O–H groups in total. The summed E-state index contributed by atoms with van der Waals surface area (Å²) in [6.45, 7) is 0. The van der Waals surface area contributed by atoms with Crippen molar-refractivity contribution in [1.82, 2.24) is 4.98 Å². The molecule has 0 amide bonds. The highest BCUT2D eigenvalue weighted by atomic mass is 79.9. The van der Waals surface area contributed by atoms with Gasteiger partial charge in [0.25, 0.3) is 6.43 Å². The molecule has 1 aromatic heterocycles. The average molecular weight is 317 g/mol. The predicted octanol–water partition coefficient (Wildman–Crippen LogP) is 1.44. The van der Waals surface area contributed by atoms with E-state index in [1.54, 1.807) is 0 Å². The van der Waals surface area contributed by atoms with Crippen molar-refractivity contribution < 1.29 is 21.9 Å². The molecule has 0 aliphatic heterocycles. The van der Waals surface area contributed by atoms with Gasteiger partial charge in [-0.05, 0) is 15.9 Å². The van der Waals surface area contributed by atoms with Crippen molar-refractivity contribution in [3.63, 3.8) is 0 Å². The van der Waals surface area contributed by atoms with Gasteiger partial charge in [0.2, 0.25) is 10.0 Å². The van der Waals surface area contributed by atoms with E-state index < -0.39 is 26.9 Å². The molecule has 0 aromatic carbocycles. The van der Waals surface area contributed by atoms with Crippen LogP contribution in [0.2, 0.25) is 0 Å². The van der Waals surface area contributed by atoms with Crippen LogP contribution >= 0.6 is 15.9 Å². The highest BCUT2D eigenvalue weighted by molar-refractivity contribution is 9.10. The van der Waals surface area contributed by atoms with Crippen molar-refractivity contribution in [2.75, 3.05) is 7.11 Å². The molecule has 16 heavy (non-hydrogen) atoms. The number of methoxy groups -OCH3 is 1. The second-order valence-electron chi connectivity index (χ2n) is 2.71. The first-order valence-electron chi connectivity index (χ1n) is 3.82. The van der Waals surface area contributed by atoms with Crippen LogP contribution in [0.4, 0.5) is 8.78 Å². The van der Waals surface area contributed by atoms with E-state index in [9.17, 15) is 17.2 Å². The number of pyridine rings is 1. The Balaban J connectivity index is 3.69. The molecule has 0 aliphatic rings. The molecule has 0 saturated carbocycles. The minimum atomic E-state index is -4.31. The summed E-state index contributed by atoms with van der Waals surface area (Å²) in [6, 6.07) is 0. The fourth-order valence-electron chi connectivity index (χ4n) is 1.11. The summed E-state index contributed by atoms with van der Waals surface area (Å²) in [5, 5.41) is 4.83. The first-order valence-corrected chi connectivity index (χ1v) is 6.16. The Bertz CT molecular complexity index is 507. The zero-order valence-corrected chi connectivity index (χ0v) is 10.3. The van der Waals surface area contributed by atoms with Gasteiger partial charge in [-0.1, -0.05) is 0 Å². The third kappa shape index (κ3) is 2.47. The molecule has 0 aliphatic carbocycles. The fourth-order valence-corrected chi connectivity index (χ4v) is 2.88. The lowest BCUT2D eigenvalue weighted by molar-refractivity contribution is 0.143. The maximum absolute atomic E-state index is 12.7. The number of halogens is 3. The largest absolute Gasteiger partial charge is 0.495 e. The molecular formula is C7H7BrF2N2O3S. The van der Waals surface area contributed by atoms with Crippen LogP contribution in [0, 0.1) is 0 Å². The van der Waals surface area contributed by atoms with Gasteiger partial charge in [-0.15, -0.1) is 0 Å². The number of rotatable bonds is 3. The van der Waals surface area contributed by atoms with Gasteiger partial charge in [-0.25, -0.2) is 27.3 Å². The van der Waals surface area contributed by atoms with Crippen molar-refractivity contribution in [2.45, 2.75) is 11.3 Å². The third-order valence-electron chi connectivity index (χ3n) is 1.72. The van der Waals surface area contributed by atoms with Gasteiger partial charge in [-0.3, -0.25) is 0 Å². The van der Waals surface area contributed by atoms with Crippen molar-refractivity contribution in [3.8, 4) is 5.75 Å². The SMILES string of the molecule is COc1cnc(Br)c(S(N)(=O)=O)c1C(F)F. The highest BCUT2D eigenvalue weighted by Gasteiger charge is 2.28. The van der Waals surface area contributed by atoms with Crippen LogP contribution < -0.4 is 9.88 Å². The monoisotopic (exact) mass is 316 g/mol. The zero-order valence-electron chi connectivity index (χ0n) is 7.95. The molecule has 0 fully saturated rings. The summed E-state index contributed by atoms with van der Waals surface area (Å²) in [4.78, 5) is 2.80. The Morgan fingerprint density at radius 1 is 1.56 bits per heavy atom. The van der Waals surface area contributed by atoms with Crippen LogP contribution in [-0.2, 0) is 10.0 Å². The van der Waals surface area contributed by atoms with E-state index in [1.807, 2.05) is 0 Å². The van der Waals surface area contributed by atoms with E-state index in [1.165, 1.54) is 0 Å². The summed E-state index contributed by atoms with van der Waals surface area (Å²) in [7, 11) is -3.18. The minimum Gasteiger partial charge on any atom is -0.495 e. The van der Waals surface area contributed by atoms with E-state index in [0.717, 1.165) is 13.3 Å². The van der Waals surface area contributed by atoms with Gasteiger partial charge >= 0.3 is 0 Å². The van der Waals surface area contributed by atoms with Gasteiger partial charge in [0, 0.05) is 0 Å². The number of alkyl halides is 2. The van der Waals surface area contributed by atoms with Gasteiger partial charge < -0.3 is 4.74 Å². The lowest BCUT2D eigenvalue weighted by atomic mass is 10.2. The Morgan fingerprint density at radius 3 is 2.50 bits per heavy atom. The summed E-state index contributed by atoms with van der Waals surface area (Å²) in [6.07, 6.45) is -2.05. The van der Waals surface area contributed by atoms with Crippen LogP contribution in [0.15, 0.2) is 15.7 Å². The Labute approximate surface area is 98.8 Å². The van der Waals surface area contributed by atoms with E-state index in [0.29, 0.717) is 0 Å². The van der Waals surface area contributed by atoms with Gasteiger partial charge in [-0.2, -0.15) is 0 Å². The Morgan fingerprint density at radius 2 is 2.12 bits per heavy atom. The molecule has 5 nitrogen and oxygen atoms in total. The van der Waals surface area contributed by atoms with Crippen LogP contribution in [0.3, 0.4) is 0 Å². The molecule has 90 valence electrons. The van der Waals surface area contributed by atoms with Crippen molar-refractivity contribution in [2.24, 2.45) is 5.14 Å². The summed E-state index contributed by atoms with van der Waals surface area (Å²) >= 11 is 2.76. The van der Waals surface area contributed by atoms with Crippen molar-refractivity contribution >= 4 is 26.0 Å². The third-order valence-corrected chi connectivity index (χ3v) is 3.56. The number of sulfonamides is 1. The van der Waals surface area contributed by atoms with E-state index >= 15 is 0 Å². The topological polar surface area (TPSA) is 82.3 Å². The molecule has 0 radical (unpaired) electrons. The molecule has 9 heteroatoms. The first-order chi connectivity index (χ1) is 7.29. The standard InChI is InChI=1S/C7H7BrF2N2O3S/c1-15-3-2-12-6(8)5(16(11,13)14)4(3)7(9)10/h2,7H,1H3,(H2,11,13,14). The average Bonchev–Trinajstić information content (AvgIpc) is 2.15. The molecular weight excluding hydrogens is 310 g/mol. The van der Waals surface area contributed by atoms with Crippen LogP contribution in [0.5, 0.6) is 5.75 Å². The smallest absolute Gasteiger partial charge is 0.268 e. The second-order valence-corrected chi connectivity index (χ2v) is 4.96. The maximum atomic E-state index is 12.7. The van der Waals surface area contributed by atoms with Gasteiger partial charge in [0.15, 0.2) is 0 Å². The summed E-state index contributed by atoms with van der Waals surface area (Å²) in [5.74, 6) is -0.331. The van der Waals surface area contributed by atoms with Crippen LogP contribution in [0.25, 0.3) is 0 Å². The molecule has 1 heterocycles. The lowest BCUT2D eigenvalue weighted by Gasteiger charge is -2.12. The normalized spacial score (nSPS) is 11.9. The summed E-state index contributed by atoms with van der Waals surface area (Å²) in [5.41, 5.74) is -0.799.